The summed E-state index contributed by atoms with van der Waals surface area (Å²) in [4.78, 5) is 0. The Morgan fingerprint density at radius 1 is 1.27 bits per heavy atom. The summed E-state index contributed by atoms with van der Waals surface area (Å²) in [5, 5.41) is 0. The van der Waals surface area contributed by atoms with Crippen LogP contribution in [0.3, 0.4) is 0 Å². The summed E-state index contributed by atoms with van der Waals surface area (Å²) in [6.07, 6.45) is 1.06. The summed E-state index contributed by atoms with van der Waals surface area (Å²) in [5.74, 6) is 2.24. The van der Waals surface area contributed by atoms with Gasteiger partial charge in [0, 0.05) is 5.54 Å². The average Bonchev–Trinajstić information content (AvgIpc) is 2.88. The van der Waals surface area contributed by atoms with Crippen molar-refractivity contribution in [3.8, 4) is 11.5 Å². The molecule has 0 aromatic heterocycles. The van der Waals surface area contributed by atoms with Crippen LogP contribution in [0.4, 0.5) is 0 Å². The summed E-state index contributed by atoms with van der Waals surface area (Å²) < 4.78 is 11.0. The molecular formula is C12H15NO2. The normalized spacial score (nSPS) is 32.5. The molecule has 1 fully saturated rings. The van der Waals surface area contributed by atoms with Gasteiger partial charge in [0.05, 0.1) is 0 Å². The molecule has 0 saturated heterocycles. The topological polar surface area (TPSA) is 44.5 Å². The maximum Gasteiger partial charge on any atom is 0.161 e. The number of rotatable bonds is 1. The van der Waals surface area contributed by atoms with Crippen LogP contribution in [0.1, 0.15) is 18.9 Å². The number of fused-ring (bicyclic) bond motifs is 1. The standard InChI is InChI=1S/C12H15NO2/c1-8-7-12(8,13)9-2-3-10-11(6-9)15-5-4-14-10/h2-3,6,8H,4-5,7,13H2,1H3. The first-order chi connectivity index (χ1) is 7.20. The third kappa shape index (κ3) is 1.30. The van der Waals surface area contributed by atoms with E-state index in [1.54, 1.807) is 0 Å². The third-order valence-electron chi connectivity index (χ3n) is 3.44. The highest BCUT2D eigenvalue weighted by atomic mass is 16.6. The fourth-order valence-corrected chi connectivity index (χ4v) is 2.18. The van der Waals surface area contributed by atoms with Crippen LogP contribution >= 0.6 is 0 Å². The van der Waals surface area contributed by atoms with Crippen LogP contribution in [0.2, 0.25) is 0 Å². The molecule has 1 aliphatic carbocycles. The van der Waals surface area contributed by atoms with E-state index >= 15 is 0 Å². The quantitative estimate of drug-likeness (QED) is 0.758. The molecule has 0 bridgehead atoms. The van der Waals surface area contributed by atoms with Crippen molar-refractivity contribution in [2.24, 2.45) is 11.7 Å². The number of hydrogen-bond donors (Lipinski definition) is 1. The maximum absolute atomic E-state index is 6.25. The van der Waals surface area contributed by atoms with Crippen LogP contribution in [0.15, 0.2) is 18.2 Å². The second kappa shape index (κ2) is 2.89. The van der Waals surface area contributed by atoms with Gasteiger partial charge in [0.2, 0.25) is 0 Å². The molecular weight excluding hydrogens is 190 g/mol. The van der Waals surface area contributed by atoms with Gasteiger partial charge in [-0.15, -0.1) is 0 Å². The zero-order valence-electron chi connectivity index (χ0n) is 8.82. The molecule has 2 atom stereocenters. The monoisotopic (exact) mass is 205 g/mol. The van der Waals surface area contributed by atoms with Gasteiger partial charge < -0.3 is 15.2 Å². The van der Waals surface area contributed by atoms with Crippen LogP contribution in [0.5, 0.6) is 11.5 Å². The van der Waals surface area contributed by atoms with Crippen LogP contribution < -0.4 is 15.2 Å². The van der Waals surface area contributed by atoms with E-state index in [9.17, 15) is 0 Å². The van der Waals surface area contributed by atoms with Gasteiger partial charge in [-0.25, -0.2) is 0 Å². The van der Waals surface area contributed by atoms with E-state index in [-0.39, 0.29) is 5.54 Å². The first-order valence-corrected chi connectivity index (χ1v) is 5.39. The lowest BCUT2D eigenvalue weighted by Crippen LogP contribution is -2.22. The highest BCUT2D eigenvalue weighted by Crippen LogP contribution is 2.50. The first kappa shape index (κ1) is 9.04. The third-order valence-corrected chi connectivity index (χ3v) is 3.44. The van der Waals surface area contributed by atoms with E-state index in [1.807, 2.05) is 12.1 Å². The zero-order chi connectivity index (χ0) is 10.5. The van der Waals surface area contributed by atoms with Crippen LogP contribution in [0.25, 0.3) is 0 Å². The Balaban J connectivity index is 1.98. The van der Waals surface area contributed by atoms with E-state index in [0.29, 0.717) is 19.1 Å². The molecule has 3 rings (SSSR count). The Morgan fingerprint density at radius 3 is 2.60 bits per heavy atom. The van der Waals surface area contributed by atoms with Gasteiger partial charge in [0.15, 0.2) is 11.5 Å². The van der Waals surface area contributed by atoms with Gasteiger partial charge in [-0.05, 0) is 30.0 Å². The van der Waals surface area contributed by atoms with E-state index in [0.717, 1.165) is 17.9 Å². The van der Waals surface area contributed by atoms with Crippen molar-refractivity contribution >= 4 is 0 Å². The molecule has 0 radical (unpaired) electrons. The largest absolute Gasteiger partial charge is 0.486 e. The lowest BCUT2D eigenvalue weighted by molar-refractivity contribution is 0.171. The minimum atomic E-state index is -0.129. The molecule has 0 amide bonds. The number of benzene rings is 1. The summed E-state index contributed by atoms with van der Waals surface area (Å²) in [7, 11) is 0. The molecule has 1 aromatic rings. The van der Waals surface area contributed by atoms with Crippen molar-refractivity contribution in [2.45, 2.75) is 18.9 Å². The smallest absolute Gasteiger partial charge is 0.161 e. The highest BCUT2D eigenvalue weighted by Gasteiger charge is 2.49. The van der Waals surface area contributed by atoms with E-state index in [4.69, 9.17) is 15.2 Å². The predicted octanol–water partition coefficient (Wildman–Crippen LogP) is 1.65. The summed E-state index contributed by atoms with van der Waals surface area (Å²) in [5.41, 5.74) is 7.28. The number of nitrogens with two attached hydrogens (primary N) is 1. The lowest BCUT2D eigenvalue weighted by Gasteiger charge is -2.20. The van der Waals surface area contributed by atoms with E-state index < -0.39 is 0 Å². The average molecular weight is 205 g/mol. The Labute approximate surface area is 89.2 Å². The van der Waals surface area contributed by atoms with E-state index in [2.05, 4.69) is 13.0 Å². The van der Waals surface area contributed by atoms with Crippen molar-refractivity contribution in [3.05, 3.63) is 23.8 Å². The summed E-state index contributed by atoms with van der Waals surface area (Å²) >= 11 is 0. The number of hydrogen-bond acceptors (Lipinski definition) is 3. The van der Waals surface area contributed by atoms with Gasteiger partial charge >= 0.3 is 0 Å². The second-order valence-corrected chi connectivity index (χ2v) is 4.50. The molecule has 3 heteroatoms. The predicted molar refractivity (Wildman–Crippen MR) is 57.1 cm³/mol. The van der Waals surface area contributed by atoms with Crippen molar-refractivity contribution in [2.75, 3.05) is 13.2 Å². The minimum Gasteiger partial charge on any atom is -0.486 e. The van der Waals surface area contributed by atoms with Crippen molar-refractivity contribution < 1.29 is 9.47 Å². The Bertz CT molecular complexity index is 405. The Kier molecular flexibility index (Phi) is 1.74. The zero-order valence-corrected chi connectivity index (χ0v) is 8.82. The molecule has 2 aliphatic rings. The van der Waals surface area contributed by atoms with Crippen molar-refractivity contribution in [3.63, 3.8) is 0 Å². The molecule has 1 heterocycles. The molecule has 1 aliphatic heterocycles. The molecule has 0 spiro atoms. The highest BCUT2D eigenvalue weighted by molar-refractivity contribution is 5.47. The fourth-order valence-electron chi connectivity index (χ4n) is 2.18. The fraction of sp³-hybridized carbons (Fsp3) is 0.500. The van der Waals surface area contributed by atoms with Gasteiger partial charge in [-0.2, -0.15) is 0 Å². The maximum atomic E-state index is 6.25. The van der Waals surface area contributed by atoms with E-state index in [1.165, 1.54) is 5.56 Å². The van der Waals surface area contributed by atoms with Gasteiger partial charge in [0.1, 0.15) is 13.2 Å². The summed E-state index contributed by atoms with van der Waals surface area (Å²) in [6.45, 7) is 3.44. The number of ether oxygens (including phenoxy) is 2. The molecule has 2 N–H and O–H groups in total. The van der Waals surface area contributed by atoms with Crippen LogP contribution in [-0.4, -0.2) is 13.2 Å². The molecule has 2 unspecified atom stereocenters. The molecule has 1 aromatic carbocycles. The Morgan fingerprint density at radius 2 is 1.93 bits per heavy atom. The van der Waals surface area contributed by atoms with Crippen molar-refractivity contribution in [1.29, 1.82) is 0 Å². The molecule has 1 saturated carbocycles. The summed E-state index contributed by atoms with van der Waals surface area (Å²) in [6, 6.07) is 6.04. The molecule has 80 valence electrons. The van der Waals surface area contributed by atoms with Crippen molar-refractivity contribution in [1.82, 2.24) is 0 Å². The second-order valence-electron chi connectivity index (χ2n) is 4.50. The lowest BCUT2D eigenvalue weighted by atomic mass is 10.0. The van der Waals surface area contributed by atoms with Crippen LogP contribution in [0, 0.1) is 5.92 Å². The first-order valence-electron chi connectivity index (χ1n) is 5.39. The SMILES string of the molecule is CC1CC1(N)c1ccc2c(c1)OCCO2. The molecule has 15 heavy (non-hydrogen) atoms. The van der Waals surface area contributed by atoms with Gasteiger partial charge in [-0.1, -0.05) is 13.0 Å². The van der Waals surface area contributed by atoms with Gasteiger partial charge in [0.25, 0.3) is 0 Å². The molecule has 3 nitrogen and oxygen atoms in total. The Hall–Kier alpha value is -1.22. The van der Waals surface area contributed by atoms with Gasteiger partial charge in [-0.3, -0.25) is 0 Å². The minimum absolute atomic E-state index is 0.129. The van der Waals surface area contributed by atoms with Crippen LogP contribution in [-0.2, 0) is 5.54 Å².